The first-order valence-electron chi connectivity index (χ1n) is 7.14. The van der Waals surface area contributed by atoms with Crippen molar-refractivity contribution in [3.8, 4) is 5.75 Å². The van der Waals surface area contributed by atoms with E-state index in [1.54, 1.807) is 24.3 Å². The number of hydrogen-bond acceptors (Lipinski definition) is 4. The number of phenols is 1. The third-order valence-electron chi connectivity index (χ3n) is 3.60. The molecule has 0 spiro atoms. The molecule has 1 fully saturated rings. The Labute approximate surface area is 191 Å². The molecule has 2 aromatic rings. The summed E-state index contributed by atoms with van der Waals surface area (Å²) in [6.45, 7) is -0.00362. The summed E-state index contributed by atoms with van der Waals surface area (Å²) < 4.78 is 1.58. The van der Waals surface area contributed by atoms with E-state index in [1.165, 1.54) is 6.08 Å². The van der Waals surface area contributed by atoms with Crippen molar-refractivity contribution in [1.82, 2.24) is 4.90 Å². The third kappa shape index (κ3) is 4.16. The van der Waals surface area contributed by atoms with E-state index in [4.69, 9.17) is 23.2 Å². The summed E-state index contributed by atoms with van der Waals surface area (Å²) in [5, 5.41) is 10.6. The Bertz CT molecular complexity index is 945. The molecule has 1 N–H and O–H groups in total. The lowest BCUT2D eigenvalue weighted by Gasteiger charge is -2.14. The van der Waals surface area contributed by atoms with Crippen molar-refractivity contribution in [2.24, 2.45) is 0 Å². The molecule has 3 rings (SSSR count). The molecular weight excluding hydrogens is 623 g/mol. The van der Waals surface area contributed by atoms with Crippen molar-refractivity contribution in [3.05, 3.63) is 63.5 Å². The van der Waals surface area contributed by atoms with Crippen LogP contribution in [0.15, 0.2) is 35.2 Å². The number of carbonyl (C=O) groups is 2. The summed E-state index contributed by atoms with van der Waals surface area (Å²) in [7, 11) is 0. The minimum absolute atomic E-state index is 0.00362. The number of aromatic hydroxyl groups is 1. The molecule has 4 nitrogen and oxygen atoms in total. The molecule has 0 atom stereocenters. The van der Waals surface area contributed by atoms with Crippen LogP contribution in [-0.4, -0.2) is 21.2 Å². The second kappa shape index (κ2) is 8.26. The smallest absolute Gasteiger partial charge is 0.293 e. The van der Waals surface area contributed by atoms with E-state index in [0.29, 0.717) is 24.7 Å². The summed E-state index contributed by atoms with van der Waals surface area (Å²) in [6.07, 6.45) is 1.53. The van der Waals surface area contributed by atoms with Gasteiger partial charge in [-0.2, -0.15) is 0 Å². The zero-order valence-corrected chi connectivity index (χ0v) is 19.4. The maximum absolute atomic E-state index is 12.7. The van der Waals surface area contributed by atoms with Gasteiger partial charge >= 0.3 is 0 Å². The van der Waals surface area contributed by atoms with Crippen molar-refractivity contribution >= 4 is 97.4 Å². The Hall–Kier alpha value is -0.490. The van der Waals surface area contributed by atoms with Gasteiger partial charge in [0.1, 0.15) is 5.75 Å². The number of halogens is 4. The van der Waals surface area contributed by atoms with Gasteiger partial charge in [0.15, 0.2) is 0 Å². The average molecular weight is 632 g/mol. The van der Waals surface area contributed by atoms with Gasteiger partial charge in [0, 0.05) is 24.7 Å². The van der Waals surface area contributed by atoms with Gasteiger partial charge in [-0.05, 0) is 87.3 Å². The number of phenolic OH excluding ortho intramolecular Hbond substituents is 1. The van der Waals surface area contributed by atoms with Gasteiger partial charge < -0.3 is 5.11 Å². The van der Waals surface area contributed by atoms with Crippen molar-refractivity contribution in [2.75, 3.05) is 0 Å². The Morgan fingerprint density at radius 1 is 1.15 bits per heavy atom. The molecule has 134 valence electrons. The predicted molar refractivity (Wildman–Crippen MR) is 122 cm³/mol. The fourth-order valence-corrected chi connectivity index (χ4v) is 5.55. The van der Waals surface area contributed by atoms with E-state index >= 15 is 0 Å². The van der Waals surface area contributed by atoms with Crippen LogP contribution in [0.1, 0.15) is 11.1 Å². The van der Waals surface area contributed by atoms with E-state index in [1.807, 2.05) is 28.7 Å². The van der Waals surface area contributed by atoms with E-state index in [0.717, 1.165) is 20.2 Å². The first-order chi connectivity index (χ1) is 12.3. The Morgan fingerprint density at radius 2 is 1.81 bits per heavy atom. The van der Waals surface area contributed by atoms with E-state index in [9.17, 15) is 14.7 Å². The molecule has 1 aliphatic rings. The minimum Gasteiger partial charge on any atom is -0.506 e. The molecule has 0 aromatic heterocycles. The van der Waals surface area contributed by atoms with Gasteiger partial charge in [-0.15, -0.1) is 0 Å². The first kappa shape index (κ1) is 20.2. The van der Waals surface area contributed by atoms with Gasteiger partial charge in [0.25, 0.3) is 11.1 Å². The van der Waals surface area contributed by atoms with Crippen molar-refractivity contribution in [3.63, 3.8) is 0 Å². The lowest BCUT2D eigenvalue weighted by molar-refractivity contribution is -0.123. The summed E-state index contributed by atoms with van der Waals surface area (Å²) >= 11 is 17.2. The van der Waals surface area contributed by atoms with Crippen LogP contribution in [0.25, 0.3) is 6.08 Å². The fourth-order valence-electron chi connectivity index (χ4n) is 2.31. The number of imide groups is 1. The third-order valence-corrected chi connectivity index (χ3v) is 6.66. The van der Waals surface area contributed by atoms with E-state index < -0.39 is 11.1 Å². The van der Waals surface area contributed by atoms with Gasteiger partial charge in [0.2, 0.25) is 0 Å². The zero-order valence-electron chi connectivity index (χ0n) is 12.8. The molecule has 0 saturated carbocycles. The Balaban J connectivity index is 1.92. The summed E-state index contributed by atoms with van der Waals surface area (Å²) in [5.74, 6) is -0.365. The molecule has 26 heavy (non-hydrogen) atoms. The number of thioether (sulfide) groups is 1. The highest BCUT2D eigenvalue weighted by molar-refractivity contribution is 14.1. The highest BCUT2D eigenvalue weighted by Gasteiger charge is 2.36. The maximum Gasteiger partial charge on any atom is 0.293 e. The van der Waals surface area contributed by atoms with Gasteiger partial charge in [-0.25, -0.2) is 0 Å². The van der Waals surface area contributed by atoms with Crippen molar-refractivity contribution in [2.45, 2.75) is 6.54 Å². The monoisotopic (exact) mass is 631 g/mol. The predicted octanol–water partition coefficient (Wildman–Crippen LogP) is 6.14. The number of amides is 2. The summed E-state index contributed by atoms with van der Waals surface area (Å²) in [4.78, 5) is 26.3. The topological polar surface area (TPSA) is 57.6 Å². The second-order valence-corrected chi connectivity index (χ2v) is 9.51. The second-order valence-electron chi connectivity index (χ2n) is 5.29. The number of nitrogens with zero attached hydrogens (tertiary/aromatic N) is 1. The average Bonchev–Trinajstić information content (AvgIpc) is 2.82. The van der Waals surface area contributed by atoms with Crippen LogP contribution in [0.5, 0.6) is 5.75 Å². The molecule has 9 heteroatoms. The van der Waals surface area contributed by atoms with Gasteiger partial charge in [-0.1, -0.05) is 29.3 Å². The van der Waals surface area contributed by atoms with Crippen LogP contribution < -0.4 is 0 Å². The molecule has 2 aromatic carbocycles. The maximum atomic E-state index is 12.7. The number of carbonyl (C=O) groups excluding carboxylic acids is 2. The highest BCUT2D eigenvalue weighted by Crippen LogP contribution is 2.37. The first-order valence-corrected chi connectivity index (χ1v) is 10.9. The largest absolute Gasteiger partial charge is 0.506 e. The molecular formula is C17H9Cl2I2NO3S. The summed E-state index contributed by atoms with van der Waals surface area (Å²) in [6, 6.07) is 8.58. The molecule has 0 radical (unpaired) electrons. The molecule has 0 bridgehead atoms. The molecule has 1 saturated heterocycles. The number of benzene rings is 2. The molecule has 1 aliphatic heterocycles. The lowest BCUT2D eigenvalue weighted by Crippen LogP contribution is -2.27. The lowest BCUT2D eigenvalue weighted by atomic mass is 10.1. The molecule has 0 aliphatic carbocycles. The Morgan fingerprint density at radius 3 is 2.46 bits per heavy atom. The van der Waals surface area contributed by atoms with Gasteiger partial charge in [0.05, 0.1) is 15.0 Å². The minimum atomic E-state index is -0.441. The number of hydrogen-bond donors (Lipinski definition) is 1. The Kier molecular flexibility index (Phi) is 6.43. The highest BCUT2D eigenvalue weighted by atomic mass is 127. The normalized spacial score (nSPS) is 16.0. The molecule has 2 amide bonds. The van der Waals surface area contributed by atoms with Crippen molar-refractivity contribution in [1.29, 1.82) is 0 Å². The van der Waals surface area contributed by atoms with E-state index in [2.05, 4.69) is 22.6 Å². The van der Waals surface area contributed by atoms with Crippen LogP contribution in [-0.2, 0) is 11.3 Å². The van der Waals surface area contributed by atoms with Crippen LogP contribution >= 0.6 is 80.1 Å². The number of rotatable bonds is 3. The SMILES string of the molecule is O=C1S/C(=C\c2cc(I)cc(I)c2O)C(=O)N1Cc1c(Cl)cccc1Cl. The quantitative estimate of drug-likeness (QED) is 0.327. The van der Waals surface area contributed by atoms with Crippen LogP contribution in [0.4, 0.5) is 4.79 Å². The molecule has 0 unspecified atom stereocenters. The van der Waals surface area contributed by atoms with E-state index in [-0.39, 0.29) is 17.2 Å². The van der Waals surface area contributed by atoms with Crippen LogP contribution in [0.3, 0.4) is 0 Å². The van der Waals surface area contributed by atoms with Gasteiger partial charge in [-0.3, -0.25) is 14.5 Å². The fraction of sp³-hybridized carbons (Fsp3) is 0.0588. The van der Waals surface area contributed by atoms with Crippen LogP contribution in [0.2, 0.25) is 10.0 Å². The zero-order chi connectivity index (χ0) is 19.0. The van der Waals surface area contributed by atoms with Crippen LogP contribution in [0, 0.1) is 7.14 Å². The summed E-state index contributed by atoms with van der Waals surface area (Å²) in [5.41, 5.74) is 1.01. The standard InChI is InChI=1S/C17H9Cl2I2NO3S/c18-11-2-1-3-12(19)10(11)7-22-16(24)14(26-17(22)25)5-8-4-9(20)6-13(21)15(8)23/h1-6,23H,7H2/b14-5-. The van der Waals surface area contributed by atoms with Crippen molar-refractivity contribution < 1.29 is 14.7 Å². The molecule has 1 heterocycles.